The first-order valence-corrected chi connectivity index (χ1v) is 9.31. The Balaban J connectivity index is 1.76. The summed E-state index contributed by atoms with van der Waals surface area (Å²) in [6, 6.07) is 8.48. The van der Waals surface area contributed by atoms with Crippen LogP contribution in [0.4, 0.5) is 0 Å². The van der Waals surface area contributed by atoms with Crippen LogP contribution in [0.3, 0.4) is 0 Å². The Labute approximate surface area is 127 Å². The highest BCUT2D eigenvalue weighted by Crippen LogP contribution is 2.42. The largest absolute Gasteiger partial charge is 0.297 e. The molecule has 110 valence electrons. The molecule has 0 amide bonds. The van der Waals surface area contributed by atoms with E-state index in [4.69, 9.17) is 10.7 Å². The third kappa shape index (κ3) is 2.26. The van der Waals surface area contributed by atoms with Gasteiger partial charge in [-0.3, -0.25) is 4.57 Å². The van der Waals surface area contributed by atoms with Crippen LogP contribution < -0.4 is 0 Å². The molecule has 5 nitrogen and oxygen atoms in total. The second-order valence-corrected chi connectivity index (χ2v) is 8.21. The molecule has 0 N–H and O–H groups in total. The number of aromatic nitrogens is 3. The summed E-state index contributed by atoms with van der Waals surface area (Å²) in [5.74, 6) is 0.940. The molecule has 1 saturated carbocycles. The summed E-state index contributed by atoms with van der Waals surface area (Å²) in [7, 11) is 1.64. The lowest BCUT2D eigenvalue weighted by Gasteiger charge is -2.12. The van der Waals surface area contributed by atoms with Crippen molar-refractivity contribution >= 4 is 19.7 Å². The molecule has 0 bridgehead atoms. The zero-order valence-electron chi connectivity index (χ0n) is 11.2. The molecule has 0 spiro atoms. The minimum atomic E-state index is -3.85. The Hall–Kier alpha value is -1.40. The van der Waals surface area contributed by atoms with Crippen molar-refractivity contribution in [3.05, 3.63) is 41.2 Å². The van der Waals surface area contributed by atoms with Crippen molar-refractivity contribution in [2.75, 3.05) is 0 Å². The first-order chi connectivity index (χ1) is 10.0. The molecule has 7 heteroatoms. The van der Waals surface area contributed by atoms with Gasteiger partial charge in [-0.15, -0.1) is 10.2 Å². The molecule has 21 heavy (non-hydrogen) atoms. The molecule has 2 aromatic rings. The van der Waals surface area contributed by atoms with Crippen LogP contribution in [0.2, 0.25) is 0 Å². The van der Waals surface area contributed by atoms with Gasteiger partial charge in [0.25, 0.3) is 14.2 Å². The molecule has 1 aromatic carbocycles. The molecule has 1 fully saturated rings. The van der Waals surface area contributed by atoms with Gasteiger partial charge in [0.2, 0.25) is 0 Å². The highest BCUT2D eigenvalue weighted by Gasteiger charge is 2.37. The third-order valence-corrected chi connectivity index (χ3v) is 5.37. The van der Waals surface area contributed by atoms with E-state index in [0.717, 1.165) is 31.5 Å². The van der Waals surface area contributed by atoms with E-state index in [0.29, 0.717) is 0 Å². The Bertz CT molecular complexity index is 786. The van der Waals surface area contributed by atoms with Gasteiger partial charge in [0.05, 0.1) is 0 Å². The monoisotopic (exact) mass is 323 g/mol. The minimum Gasteiger partial charge on any atom is -0.297 e. The summed E-state index contributed by atoms with van der Waals surface area (Å²) in [5.41, 5.74) is 2.62. The van der Waals surface area contributed by atoms with Gasteiger partial charge >= 0.3 is 0 Å². The number of nitrogens with zero attached hydrogens (tertiary/aromatic N) is 3. The first kappa shape index (κ1) is 13.3. The zero-order chi connectivity index (χ0) is 14.6. The second-order valence-electron chi connectivity index (χ2n) is 5.75. The standard InChI is InChI=1S/C14H14ClN3O2S/c15-21(19,20)14-17-16-13(18(14)12-5-6-12)11-7-9-3-1-2-4-10(9)8-11/h1-4,11-12H,5-8H2. The van der Waals surface area contributed by atoms with Gasteiger partial charge in [0, 0.05) is 22.6 Å². The number of benzene rings is 1. The van der Waals surface area contributed by atoms with Crippen LogP contribution >= 0.6 is 10.7 Å². The first-order valence-electron chi connectivity index (χ1n) is 7.00. The normalized spacial score (nSPS) is 18.9. The van der Waals surface area contributed by atoms with Gasteiger partial charge in [-0.25, -0.2) is 8.42 Å². The molecular formula is C14H14ClN3O2S. The summed E-state index contributed by atoms with van der Waals surface area (Å²) >= 11 is 0. The van der Waals surface area contributed by atoms with Gasteiger partial charge in [-0.2, -0.15) is 0 Å². The van der Waals surface area contributed by atoms with Gasteiger partial charge < -0.3 is 0 Å². The maximum absolute atomic E-state index is 11.7. The quantitative estimate of drug-likeness (QED) is 0.814. The predicted octanol–water partition coefficient (Wildman–Crippen LogP) is 2.42. The average molecular weight is 324 g/mol. The minimum absolute atomic E-state index is 0.0994. The maximum Gasteiger partial charge on any atom is 0.296 e. The second kappa shape index (κ2) is 4.55. The van der Waals surface area contributed by atoms with Crippen molar-refractivity contribution in [1.29, 1.82) is 0 Å². The van der Waals surface area contributed by atoms with Crippen LogP contribution in [0.15, 0.2) is 29.4 Å². The molecule has 1 aromatic heterocycles. The van der Waals surface area contributed by atoms with Crippen molar-refractivity contribution in [2.45, 2.75) is 42.8 Å². The van der Waals surface area contributed by atoms with Gasteiger partial charge in [-0.05, 0) is 36.8 Å². The summed E-state index contributed by atoms with van der Waals surface area (Å²) in [4.78, 5) is 0. The van der Waals surface area contributed by atoms with Crippen LogP contribution in [0.25, 0.3) is 0 Å². The number of fused-ring (bicyclic) bond motifs is 1. The van der Waals surface area contributed by atoms with Crippen molar-refractivity contribution < 1.29 is 8.42 Å². The van der Waals surface area contributed by atoms with E-state index < -0.39 is 9.05 Å². The maximum atomic E-state index is 11.7. The molecule has 4 rings (SSSR count). The summed E-state index contributed by atoms with van der Waals surface area (Å²) < 4.78 is 25.1. The Kier molecular flexibility index (Phi) is 2.87. The molecule has 0 atom stereocenters. The molecule has 2 aliphatic rings. The lowest BCUT2D eigenvalue weighted by atomic mass is 10.1. The van der Waals surface area contributed by atoms with Crippen molar-refractivity contribution in [3.8, 4) is 0 Å². The Morgan fingerprint density at radius 1 is 1.10 bits per heavy atom. The van der Waals surface area contributed by atoms with Gasteiger partial charge in [0.15, 0.2) is 0 Å². The fourth-order valence-corrected chi connectivity index (χ4v) is 4.08. The molecule has 0 unspecified atom stereocenters. The van der Waals surface area contributed by atoms with E-state index in [2.05, 4.69) is 22.3 Å². The lowest BCUT2D eigenvalue weighted by molar-refractivity contribution is 0.548. The number of halogens is 1. The Morgan fingerprint density at radius 3 is 2.24 bits per heavy atom. The van der Waals surface area contributed by atoms with E-state index in [1.807, 2.05) is 12.1 Å². The molecule has 2 aliphatic carbocycles. The SMILES string of the molecule is O=S(=O)(Cl)c1nnc(C2Cc3ccccc3C2)n1C1CC1. The Morgan fingerprint density at radius 2 is 1.71 bits per heavy atom. The predicted molar refractivity (Wildman–Crippen MR) is 77.9 cm³/mol. The molecule has 0 aliphatic heterocycles. The molecule has 1 heterocycles. The number of hydrogen-bond acceptors (Lipinski definition) is 4. The van der Waals surface area contributed by atoms with Crippen molar-refractivity contribution in [1.82, 2.24) is 14.8 Å². The summed E-state index contributed by atoms with van der Waals surface area (Å²) in [5, 5.41) is 7.91. The third-order valence-electron chi connectivity index (χ3n) is 4.24. The van der Waals surface area contributed by atoms with E-state index in [1.54, 1.807) is 4.57 Å². The summed E-state index contributed by atoms with van der Waals surface area (Å²) in [6.45, 7) is 0. The fourth-order valence-electron chi connectivity index (χ4n) is 3.15. The average Bonchev–Trinajstić information content (AvgIpc) is 3.02. The summed E-state index contributed by atoms with van der Waals surface area (Å²) in [6.07, 6.45) is 3.68. The van der Waals surface area contributed by atoms with Crippen molar-refractivity contribution in [3.63, 3.8) is 0 Å². The van der Waals surface area contributed by atoms with E-state index >= 15 is 0 Å². The molecular weight excluding hydrogens is 310 g/mol. The lowest BCUT2D eigenvalue weighted by Crippen LogP contribution is -2.12. The topological polar surface area (TPSA) is 64.8 Å². The van der Waals surface area contributed by atoms with Gasteiger partial charge in [-0.1, -0.05) is 24.3 Å². The highest BCUT2D eigenvalue weighted by atomic mass is 35.7. The fraction of sp³-hybridized carbons (Fsp3) is 0.429. The van der Waals surface area contributed by atoms with Crippen LogP contribution in [-0.2, 0) is 21.9 Å². The van der Waals surface area contributed by atoms with Crippen LogP contribution in [-0.4, -0.2) is 23.2 Å². The van der Waals surface area contributed by atoms with E-state index in [1.165, 1.54) is 11.1 Å². The van der Waals surface area contributed by atoms with E-state index in [-0.39, 0.29) is 17.1 Å². The highest BCUT2D eigenvalue weighted by molar-refractivity contribution is 8.13. The number of hydrogen-bond donors (Lipinski definition) is 0. The number of rotatable bonds is 3. The van der Waals surface area contributed by atoms with Gasteiger partial charge in [0.1, 0.15) is 5.82 Å². The zero-order valence-corrected chi connectivity index (χ0v) is 12.8. The van der Waals surface area contributed by atoms with Crippen LogP contribution in [0, 0.1) is 0 Å². The van der Waals surface area contributed by atoms with E-state index in [9.17, 15) is 8.42 Å². The van der Waals surface area contributed by atoms with Crippen LogP contribution in [0.1, 0.15) is 41.8 Å². The molecule has 0 saturated heterocycles. The molecule has 0 radical (unpaired) electrons. The van der Waals surface area contributed by atoms with Crippen molar-refractivity contribution in [2.24, 2.45) is 0 Å². The smallest absolute Gasteiger partial charge is 0.296 e. The van der Waals surface area contributed by atoms with Crippen LogP contribution in [0.5, 0.6) is 0 Å².